The Labute approximate surface area is 162 Å². The lowest BCUT2D eigenvalue weighted by molar-refractivity contribution is 0.109. The van der Waals surface area contributed by atoms with E-state index in [1.54, 1.807) is 11.3 Å². The first-order valence-corrected chi connectivity index (χ1v) is 10.3. The highest BCUT2D eigenvalue weighted by Gasteiger charge is 2.21. The fourth-order valence-corrected chi connectivity index (χ4v) is 4.86. The fourth-order valence-electron chi connectivity index (χ4n) is 3.54. The molecule has 0 aliphatic carbocycles. The molecule has 2 saturated heterocycles. The minimum atomic E-state index is 0.236. The number of piperazine rings is 1. The number of anilines is 1. The Kier molecular flexibility index (Phi) is 5.87. The van der Waals surface area contributed by atoms with Gasteiger partial charge in [-0.25, -0.2) is 4.98 Å². The zero-order valence-electron chi connectivity index (χ0n) is 14.7. The molecule has 2 aromatic rings. The van der Waals surface area contributed by atoms with Gasteiger partial charge >= 0.3 is 0 Å². The number of hydrogen-bond acceptors (Lipinski definition) is 8. The summed E-state index contributed by atoms with van der Waals surface area (Å²) in [5, 5.41) is 9.37. The van der Waals surface area contributed by atoms with E-state index in [0.717, 1.165) is 81.6 Å². The fraction of sp³-hybridized carbons (Fsp3) is 0.647. The Balaban J connectivity index is 1.50. The molecule has 142 valence electrons. The molecule has 4 heterocycles. The van der Waals surface area contributed by atoms with Gasteiger partial charge in [0.25, 0.3) is 0 Å². The molecule has 2 aliphatic heterocycles. The highest BCUT2D eigenvalue weighted by atomic mass is 35.5. The van der Waals surface area contributed by atoms with Gasteiger partial charge in [0.15, 0.2) is 5.82 Å². The first-order chi connectivity index (χ1) is 12.7. The van der Waals surface area contributed by atoms with Crippen LogP contribution in [0.4, 0.5) is 5.82 Å². The van der Waals surface area contributed by atoms with Crippen molar-refractivity contribution in [2.24, 2.45) is 0 Å². The maximum atomic E-state index is 9.07. The minimum Gasteiger partial charge on any atom is -0.395 e. The Hall–Kier alpha value is -1.03. The lowest BCUT2D eigenvalue weighted by Gasteiger charge is -2.34. The van der Waals surface area contributed by atoms with Crippen molar-refractivity contribution in [2.45, 2.75) is 6.54 Å². The highest BCUT2D eigenvalue weighted by molar-refractivity contribution is 7.19. The van der Waals surface area contributed by atoms with Crippen molar-refractivity contribution < 1.29 is 9.84 Å². The second-order valence-corrected chi connectivity index (χ2v) is 8.16. The van der Waals surface area contributed by atoms with E-state index >= 15 is 0 Å². The van der Waals surface area contributed by atoms with E-state index < -0.39 is 0 Å². The number of β-amino-alcohol motifs (C(OH)–C–C–N with tert-alkyl or cyclic N) is 1. The molecule has 0 spiro atoms. The van der Waals surface area contributed by atoms with E-state index in [0.29, 0.717) is 5.28 Å². The predicted octanol–water partition coefficient (Wildman–Crippen LogP) is 1.29. The lowest BCUT2D eigenvalue weighted by atomic mass is 10.3. The zero-order chi connectivity index (χ0) is 17.9. The molecule has 0 unspecified atom stereocenters. The summed E-state index contributed by atoms with van der Waals surface area (Å²) >= 11 is 7.95. The summed E-state index contributed by atoms with van der Waals surface area (Å²) in [6, 6.07) is 2.15. The minimum absolute atomic E-state index is 0.236. The summed E-state index contributed by atoms with van der Waals surface area (Å²) in [6.45, 7) is 9.12. The molecule has 2 fully saturated rings. The number of ether oxygens (including phenoxy) is 1. The molecule has 0 saturated carbocycles. The molecule has 0 atom stereocenters. The molecule has 26 heavy (non-hydrogen) atoms. The van der Waals surface area contributed by atoms with Crippen LogP contribution in [0.3, 0.4) is 0 Å². The summed E-state index contributed by atoms with van der Waals surface area (Å²) in [5.41, 5.74) is 0.936. The smallest absolute Gasteiger partial charge is 0.224 e. The molecule has 4 rings (SSSR count). The van der Waals surface area contributed by atoms with Crippen LogP contribution in [0.1, 0.15) is 4.88 Å². The second-order valence-electron chi connectivity index (χ2n) is 6.68. The van der Waals surface area contributed by atoms with Gasteiger partial charge < -0.3 is 14.7 Å². The average Bonchev–Trinajstić information content (AvgIpc) is 3.05. The van der Waals surface area contributed by atoms with Crippen LogP contribution in [0.15, 0.2) is 6.07 Å². The van der Waals surface area contributed by atoms with E-state index in [9.17, 15) is 0 Å². The molecule has 2 aromatic heterocycles. The van der Waals surface area contributed by atoms with Crippen LogP contribution in [-0.4, -0.2) is 90.5 Å². The van der Waals surface area contributed by atoms with Gasteiger partial charge in [0.05, 0.1) is 30.0 Å². The number of fused-ring (bicyclic) bond motifs is 1. The van der Waals surface area contributed by atoms with E-state index in [-0.39, 0.29) is 6.61 Å². The number of aliphatic hydroxyl groups excluding tert-OH is 1. The summed E-state index contributed by atoms with van der Waals surface area (Å²) in [6.07, 6.45) is 0. The number of nitrogens with zero attached hydrogens (tertiary/aromatic N) is 5. The van der Waals surface area contributed by atoms with Crippen molar-refractivity contribution in [2.75, 3.05) is 70.5 Å². The third-order valence-electron chi connectivity index (χ3n) is 4.95. The monoisotopic (exact) mass is 397 g/mol. The number of aromatic nitrogens is 2. The summed E-state index contributed by atoms with van der Waals surface area (Å²) in [5.74, 6) is 0.937. The van der Waals surface area contributed by atoms with Gasteiger partial charge in [-0.2, -0.15) is 4.98 Å². The Morgan fingerprint density at radius 2 is 1.81 bits per heavy atom. The third-order valence-corrected chi connectivity index (χ3v) is 6.22. The van der Waals surface area contributed by atoms with Crippen molar-refractivity contribution >= 4 is 39.0 Å². The van der Waals surface area contributed by atoms with Crippen molar-refractivity contribution in [1.29, 1.82) is 0 Å². The van der Waals surface area contributed by atoms with Crippen LogP contribution < -0.4 is 4.90 Å². The number of hydrogen-bond donors (Lipinski definition) is 1. The number of rotatable bonds is 5. The van der Waals surface area contributed by atoms with Gasteiger partial charge in [-0.3, -0.25) is 9.80 Å². The number of halogens is 1. The van der Waals surface area contributed by atoms with Crippen molar-refractivity contribution in [3.8, 4) is 0 Å². The predicted molar refractivity (Wildman–Crippen MR) is 104 cm³/mol. The maximum Gasteiger partial charge on any atom is 0.224 e. The summed E-state index contributed by atoms with van der Waals surface area (Å²) in [4.78, 5) is 17.2. The van der Waals surface area contributed by atoms with Crippen molar-refractivity contribution in [3.63, 3.8) is 0 Å². The van der Waals surface area contributed by atoms with Crippen LogP contribution in [0.2, 0.25) is 5.28 Å². The standard InChI is InChI=1S/C17H24ClN5O2S/c18-17-19-14-11-13(12-22-3-1-21(2-4-22)5-8-24)26-15(14)16(20-17)23-6-9-25-10-7-23/h11,24H,1-10,12H2. The van der Waals surface area contributed by atoms with Crippen molar-refractivity contribution in [3.05, 3.63) is 16.2 Å². The van der Waals surface area contributed by atoms with Gasteiger partial charge in [0.2, 0.25) is 5.28 Å². The molecule has 9 heteroatoms. The summed E-state index contributed by atoms with van der Waals surface area (Å²) in [7, 11) is 0. The first-order valence-electron chi connectivity index (χ1n) is 9.07. The molecule has 0 radical (unpaired) electrons. The molecule has 0 amide bonds. The first kappa shape index (κ1) is 18.3. The topological polar surface area (TPSA) is 65.0 Å². The van der Waals surface area contributed by atoms with Gasteiger partial charge in [-0.05, 0) is 17.7 Å². The van der Waals surface area contributed by atoms with Crippen LogP contribution in [-0.2, 0) is 11.3 Å². The largest absolute Gasteiger partial charge is 0.395 e. The Morgan fingerprint density at radius 3 is 2.54 bits per heavy atom. The van der Waals surface area contributed by atoms with Crippen LogP contribution >= 0.6 is 22.9 Å². The number of thiophene rings is 1. The van der Waals surface area contributed by atoms with Crippen molar-refractivity contribution in [1.82, 2.24) is 19.8 Å². The third kappa shape index (κ3) is 4.11. The Morgan fingerprint density at radius 1 is 1.08 bits per heavy atom. The molecular formula is C17H24ClN5O2S. The molecule has 1 N–H and O–H groups in total. The van der Waals surface area contributed by atoms with Gasteiger partial charge in [0.1, 0.15) is 0 Å². The normalized spacial score (nSPS) is 20.2. The number of morpholine rings is 1. The Bertz CT molecular complexity index is 744. The van der Waals surface area contributed by atoms with E-state index in [4.69, 9.17) is 21.4 Å². The second kappa shape index (κ2) is 8.33. The highest BCUT2D eigenvalue weighted by Crippen LogP contribution is 2.34. The van der Waals surface area contributed by atoms with Gasteiger partial charge in [-0.15, -0.1) is 11.3 Å². The molecule has 0 bridgehead atoms. The maximum absolute atomic E-state index is 9.07. The van der Waals surface area contributed by atoms with E-state index in [1.165, 1.54) is 4.88 Å². The quantitative estimate of drug-likeness (QED) is 0.762. The molecule has 0 aromatic carbocycles. The zero-order valence-corrected chi connectivity index (χ0v) is 16.3. The van der Waals surface area contributed by atoms with Gasteiger partial charge in [0, 0.05) is 57.2 Å². The number of aliphatic hydroxyl groups is 1. The van der Waals surface area contributed by atoms with Crippen LogP contribution in [0.25, 0.3) is 10.2 Å². The average molecular weight is 398 g/mol. The molecular weight excluding hydrogens is 374 g/mol. The molecule has 7 nitrogen and oxygen atoms in total. The molecule has 2 aliphatic rings. The summed E-state index contributed by atoms with van der Waals surface area (Å²) < 4.78 is 6.57. The van der Waals surface area contributed by atoms with Gasteiger partial charge in [-0.1, -0.05) is 0 Å². The van der Waals surface area contributed by atoms with E-state index in [2.05, 4.69) is 30.7 Å². The lowest BCUT2D eigenvalue weighted by Crippen LogP contribution is -2.46. The van der Waals surface area contributed by atoms with E-state index in [1.807, 2.05) is 0 Å². The van der Waals surface area contributed by atoms with Crippen LogP contribution in [0.5, 0.6) is 0 Å². The van der Waals surface area contributed by atoms with Crippen LogP contribution in [0, 0.1) is 0 Å². The SMILES string of the molecule is OCCN1CCN(Cc2cc3nc(Cl)nc(N4CCOCC4)c3s2)CC1.